The van der Waals surface area contributed by atoms with Gasteiger partial charge in [0.05, 0.1) is 6.04 Å². The van der Waals surface area contributed by atoms with Crippen molar-refractivity contribution in [3.05, 3.63) is 211 Å². The van der Waals surface area contributed by atoms with Crippen LogP contribution < -0.4 is 5.32 Å². The Morgan fingerprint density at radius 2 is 0.923 bits per heavy atom. The Hall–Kier alpha value is -6.70. The third kappa shape index (κ3) is 5.10. The highest BCUT2D eigenvalue weighted by Crippen LogP contribution is 2.46. The third-order valence-corrected chi connectivity index (χ3v) is 10.7. The molecule has 1 heterocycles. The minimum absolute atomic E-state index is 0.134. The van der Waals surface area contributed by atoms with E-state index in [9.17, 15) is 0 Å². The number of rotatable bonds is 5. The van der Waals surface area contributed by atoms with Crippen molar-refractivity contribution in [1.82, 2.24) is 5.32 Å². The molecule has 0 radical (unpaired) electrons. The first-order valence-electron chi connectivity index (χ1n) is 18.1. The van der Waals surface area contributed by atoms with E-state index in [1.807, 2.05) is 0 Å². The molecule has 1 atom stereocenters. The van der Waals surface area contributed by atoms with Crippen LogP contribution in [0.15, 0.2) is 200 Å². The second kappa shape index (κ2) is 12.6. The fourth-order valence-electron chi connectivity index (χ4n) is 8.24. The number of dihydropyridines is 1. The van der Waals surface area contributed by atoms with Crippen LogP contribution in [0, 0.1) is 0 Å². The van der Waals surface area contributed by atoms with Crippen LogP contribution >= 0.6 is 0 Å². The summed E-state index contributed by atoms with van der Waals surface area (Å²) in [6.45, 7) is 0. The van der Waals surface area contributed by atoms with Crippen LogP contribution in [-0.4, -0.2) is 0 Å². The molecule has 1 nitrogen and oxygen atoms in total. The van der Waals surface area contributed by atoms with Crippen molar-refractivity contribution in [2.45, 2.75) is 6.04 Å². The Bertz CT molecular complexity index is 2820. The third-order valence-electron chi connectivity index (χ3n) is 10.7. The topological polar surface area (TPSA) is 12.0 Å². The van der Waals surface area contributed by atoms with Gasteiger partial charge in [0.1, 0.15) is 0 Å². The van der Waals surface area contributed by atoms with Crippen molar-refractivity contribution in [2.75, 3.05) is 0 Å². The molecule has 1 heteroatoms. The molecule has 0 saturated carbocycles. The lowest BCUT2D eigenvalue weighted by Gasteiger charge is -2.21. The van der Waals surface area contributed by atoms with Crippen LogP contribution in [0.25, 0.3) is 82.0 Å². The van der Waals surface area contributed by atoms with Gasteiger partial charge in [-0.15, -0.1) is 0 Å². The quantitative estimate of drug-likeness (QED) is 0.181. The molecule has 0 spiro atoms. The molecule has 10 rings (SSSR count). The zero-order valence-electron chi connectivity index (χ0n) is 28.6. The SMILES string of the molecule is C1=CC(c2ccc3ccccc3c2)NC=C1c1cccc(-c2c3ccccc3c(-c3ccc(-c4ccccc4)c4ccccc34)c3ccccc23)c1. The molecular formula is C51H35N. The molecule has 0 bridgehead atoms. The molecule has 9 aromatic rings. The molecule has 244 valence electrons. The zero-order chi connectivity index (χ0) is 34.4. The molecule has 0 aromatic heterocycles. The molecule has 1 aliphatic heterocycles. The average Bonchev–Trinajstić information content (AvgIpc) is 3.23. The van der Waals surface area contributed by atoms with E-state index in [4.69, 9.17) is 0 Å². The minimum Gasteiger partial charge on any atom is -0.380 e. The lowest BCUT2D eigenvalue weighted by atomic mass is 9.83. The van der Waals surface area contributed by atoms with Crippen molar-refractivity contribution in [1.29, 1.82) is 0 Å². The van der Waals surface area contributed by atoms with E-state index in [0.29, 0.717) is 0 Å². The van der Waals surface area contributed by atoms with Gasteiger partial charge in [-0.05, 0) is 105 Å². The summed E-state index contributed by atoms with van der Waals surface area (Å²) in [4.78, 5) is 0. The van der Waals surface area contributed by atoms with Crippen LogP contribution in [-0.2, 0) is 0 Å². The number of hydrogen-bond donors (Lipinski definition) is 1. The number of allylic oxidation sites excluding steroid dienone is 2. The van der Waals surface area contributed by atoms with E-state index < -0.39 is 0 Å². The van der Waals surface area contributed by atoms with Gasteiger partial charge in [-0.25, -0.2) is 0 Å². The molecule has 1 aliphatic rings. The highest BCUT2D eigenvalue weighted by molar-refractivity contribution is 6.24. The van der Waals surface area contributed by atoms with Crippen LogP contribution in [0.5, 0.6) is 0 Å². The lowest BCUT2D eigenvalue weighted by Crippen LogP contribution is -2.16. The smallest absolute Gasteiger partial charge is 0.0696 e. The van der Waals surface area contributed by atoms with Gasteiger partial charge in [-0.3, -0.25) is 0 Å². The van der Waals surface area contributed by atoms with Crippen molar-refractivity contribution in [2.24, 2.45) is 0 Å². The zero-order valence-corrected chi connectivity index (χ0v) is 28.6. The fraction of sp³-hybridized carbons (Fsp3) is 0.0196. The summed E-state index contributed by atoms with van der Waals surface area (Å²) in [5, 5.41) is 13.8. The van der Waals surface area contributed by atoms with E-state index >= 15 is 0 Å². The van der Waals surface area contributed by atoms with Crippen molar-refractivity contribution in [3.63, 3.8) is 0 Å². The Kier molecular flexibility index (Phi) is 7.29. The Labute approximate surface area is 303 Å². The normalized spacial score (nSPS) is 14.2. The van der Waals surface area contributed by atoms with Gasteiger partial charge in [0, 0.05) is 6.20 Å². The van der Waals surface area contributed by atoms with Crippen molar-refractivity contribution in [3.8, 4) is 33.4 Å². The van der Waals surface area contributed by atoms with Gasteiger partial charge in [0.25, 0.3) is 0 Å². The maximum Gasteiger partial charge on any atom is 0.0696 e. The highest BCUT2D eigenvalue weighted by Gasteiger charge is 2.20. The second-order valence-electron chi connectivity index (χ2n) is 13.7. The summed E-state index contributed by atoms with van der Waals surface area (Å²) in [5.74, 6) is 0. The largest absolute Gasteiger partial charge is 0.380 e. The van der Waals surface area contributed by atoms with Crippen LogP contribution in [0.4, 0.5) is 0 Å². The van der Waals surface area contributed by atoms with Crippen molar-refractivity contribution >= 4 is 48.7 Å². The summed E-state index contributed by atoms with van der Waals surface area (Å²) in [6, 6.07) is 66.6. The summed E-state index contributed by atoms with van der Waals surface area (Å²) < 4.78 is 0. The van der Waals surface area contributed by atoms with Gasteiger partial charge in [-0.1, -0.05) is 182 Å². The highest BCUT2D eigenvalue weighted by atomic mass is 14.9. The molecular weight excluding hydrogens is 627 g/mol. The van der Waals surface area contributed by atoms with Crippen LogP contribution in [0.2, 0.25) is 0 Å². The van der Waals surface area contributed by atoms with Gasteiger partial charge >= 0.3 is 0 Å². The van der Waals surface area contributed by atoms with Crippen molar-refractivity contribution < 1.29 is 0 Å². The number of hydrogen-bond acceptors (Lipinski definition) is 1. The summed E-state index contributed by atoms with van der Waals surface area (Å²) in [5.41, 5.74) is 11.1. The average molecular weight is 662 g/mol. The standard InChI is InChI=1S/C51H35N/c1-2-14-35(15-3-1)41-28-29-48(43-20-7-6-19-42(41)43)51-46-23-10-8-21-44(46)50(45-22-9-11-24-47(45)51)39-18-12-17-37(32-39)40-27-30-49(52-33-40)38-26-25-34-13-4-5-16-36(34)31-38/h1-33,49,52H. The molecule has 52 heavy (non-hydrogen) atoms. The molecule has 1 unspecified atom stereocenters. The predicted molar refractivity (Wildman–Crippen MR) is 222 cm³/mol. The number of fused-ring (bicyclic) bond motifs is 4. The molecule has 1 N–H and O–H groups in total. The van der Waals surface area contributed by atoms with E-state index in [1.165, 1.54) is 93.2 Å². The van der Waals surface area contributed by atoms with Gasteiger partial charge in [-0.2, -0.15) is 0 Å². The lowest BCUT2D eigenvalue weighted by molar-refractivity contribution is 0.750. The van der Waals surface area contributed by atoms with E-state index in [1.54, 1.807) is 0 Å². The minimum atomic E-state index is 0.134. The van der Waals surface area contributed by atoms with Gasteiger partial charge in [0.15, 0.2) is 0 Å². The van der Waals surface area contributed by atoms with Crippen LogP contribution in [0.1, 0.15) is 17.2 Å². The first-order valence-corrected chi connectivity index (χ1v) is 18.1. The maximum atomic E-state index is 3.67. The number of nitrogens with one attached hydrogen (secondary N) is 1. The molecule has 9 aromatic carbocycles. The Morgan fingerprint density at radius 3 is 1.62 bits per heavy atom. The van der Waals surface area contributed by atoms with Gasteiger partial charge < -0.3 is 5.32 Å². The Morgan fingerprint density at radius 1 is 0.365 bits per heavy atom. The maximum absolute atomic E-state index is 3.67. The summed E-state index contributed by atoms with van der Waals surface area (Å²) in [7, 11) is 0. The molecule has 0 amide bonds. The van der Waals surface area contributed by atoms with Crippen LogP contribution in [0.3, 0.4) is 0 Å². The van der Waals surface area contributed by atoms with E-state index in [0.717, 1.165) is 0 Å². The molecule has 0 aliphatic carbocycles. The fourth-order valence-corrected chi connectivity index (χ4v) is 8.24. The van der Waals surface area contributed by atoms with E-state index in [-0.39, 0.29) is 6.04 Å². The molecule has 0 saturated heterocycles. The number of benzene rings is 9. The predicted octanol–water partition coefficient (Wildman–Crippen LogP) is 13.5. The van der Waals surface area contributed by atoms with E-state index in [2.05, 4.69) is 206 Å². The first kappa shape index (κ1) is 30.2. The first-order chi connectivity index (χ1) is 25.8. The molecule has 0 fully saturated rings. The second-order valence-corrected chi connectivity index (χ2v) is 13.7. The van der Waals surface area contributed by atoms with Gasteiger partial charge in [0.2, 0.25) is 0 Å². The summed E-state index contributed by atoms with van der Waals surface area (Å²) in [6.07, 6.45) is 6.71. The monoisotopic (exact) mass is 661 g/mol. The Balaban J connectivity index is 1.09. The summed E-state index contributed by atoms with van der Waals surface area (Å²) >= 11 is 0.